The molecular formula is C6H9BO12. The van der Waals surface area contributed by atoms with Crippen molar-refractivity contribution < 1.29 is 59.4 Å². The van der Waals surface area contributed by atoms with Crippen LogP contribution >= 0.6 is 0 Å². The van der Waals surface area contributed by atoms with Crippen LogP contribution in [0.15, 0.2) is 0 Å². The lowest BCUT2D eigenvalue weighted by atomic mass is 10.3. The molecule has 0 rings (SSSR count). The third-order valence-corrected chi connectivity index (χ3v) is 1.17. The first-order chi connectivity index (χ1) is 8.50. The first kappa shape index (κ1) is 19.1. The van der Waals surface area contributed by atoms with E-state index < -0.39 is 43.4 Å². The molecule has 0 saturated heterocycles. The molecule has 0 bridgehead atoms. The predicted octanol–water partition coefficient (Wildman–Crippen LogP) is -3.97. The van der Waals surface area contributed by atoms with Crippen LogP contribution in [0.2, 0.25) is 0 Å². The molecular weight excluding hydrogens is 275 g/mol. The van der Waals surface area contributed by atoms with E-state index in [0.29, 0.717) is 0 Å². The molecule has 0 atom stereocenters. The normalized spacial score (nSPS) is 9.53. The number of carbonyl (C=O) groups is 4. The predicted molar refractivity (Wildman–Crippen MR) is 51.6 cm³/mol. The van der Waals surface area contributed by atoms with E-state index in [-0.39, 0.29) is 0 Å². The molecule has 0 aliphatic rings. The van der Waals surface area contributed by atoms with Gasteiger partial charge in [-0.25, -0.2) is 19.2 Å². The lowest BCUT2D eigenvalue weighted by Crippen LogP contribution is -2.42. The summed E-state index contributed by atoms with van der Waals surface area (Å²) in [5.74, 6) is -7.96. The maximum Gasteiger partial charge on any atom is 0.631 e. The molecule has 0 heterocycles. The summed E-state index contributed by atoms with van der Waals surface area (Å²) < 4.78 is 3.90. The molecule has 108 valence electrons. The summed E-state index contributed by atoms with van der Waals surface area (Å²) in [5, 5.41) is 54.6. The van der Waals surface area contributed by atoms with Crippen molar-refractivity contribution in [2.75, 3.05) is 0 Å². The van der Waals surface area contributed by atoms with Gasteiger partial charge in [-0.05, 0) is 0 Å². The van der Waals surface area contributed by atoms with Crippen molar-refractivity contribution >= 4 is 31.2 Å². The maximum absolute atomic E-state index is 10.2. The first-order valence-corrected chi connectivity index (χ1v) is 4.11. The summed E-state index contributed by atoms with van der Waals surface area (Å²) in [6, 6.07) is 0. The Bertz CT molecular complexity index is 289. The lowest BCUT2D eigenvalue weighted by Gasteiger charge is -2.12. The van der Waals surface area contributed by atoms with E-state index in [1.807, 2.05) is 0 Å². The molecule has 0 saturated carbocycles. The summed E-state index contributed by atoms with van der Waals surface area (Å²) >= 11 is 0. The van der Waals surface area contributed by atoms with Crippen LogP contribution in [-0.4, -0.2) is 78.9 Å². The zero-order chi connectivity index (χ0) is 15.7. The van der Waals surface area contributed by atoms with E-state index in [1.165, 1.54) is 0 Å². The molecule has 0 spiro atoms. The number of ether oxygens (including phenoxy) is 1. The van der Waals surface area contributed by atoms with Gasteiger partial charge in [0.05, 0.1) is 0 Å². The van der Waals surface area contributed by atoms with Crippen LogP contribution in [0, 0.1) is 0 Å². The highest BCUT2D eigenvalue weighted by Crippen LogP contribution is 2.01. The summed E-state index contributed by atoms with van der Waals surface area (Å²) in [5.41, 5.74) is 0. The Kier molecular flexibility index (Phi) is 8.88. The fraction of sp³-hybridized carbons (Fsp3) is 0.333. The lowest BCUT2D eigenvalue weighted by molar-refractivity contribution is -0.182. The van der Waals surface area contributed by atoms with Crippen LogP contribution in [-0.2, 0) is 23.9 Å². The van der Waals surface area contributed by atoms with Crippen LogP contribution in [0.25, 0.3) is 0 Å². The number of rotatable bonds is 6. The highest BCUT2D eigenvalue weighted by molar-refractivity contribution is 6.30. The number of aliphatic carboxylic acids is 4. The molecule has 0 aliphatic carbocycles. The minimum absolute atomic E-state index is 1.99. The van der Waals surface area contributed by atoms with E-state index in [4.69, 9.17) is 35.5 Å². The Morgan fingerprint density at radius 1 is 0.684 bits per heavy atom. The van der Waals surface area contributed by atoms with Gasteiger partial charge in [0.15, 0.2) is 0 Å². The molecule has 0 unspecified atom stereocenters. The summed E-state index contributed by atoms with van der Waals surface area (Å²) in [6.45, 7) is 0. The zero-order valence-electron chi connectivity index (χ0n) is 8.90. The monoisotopic (exact) mass is 284 g/mol. The van der Waals surface area contributed by atoms with E-state index in [2.05, 4.69) is 4.74 Å². The van der Waals surface area contributed by atoms with Gasteiger partial charge in [0.2, 0.25) is 0 Å². The van der Waals surface area contributed by atoms with Crippen molar-refractivity contribution in [3.8, 4) is 0 Å². The van der Waals surface area contributed by atoms with Crippen LogP contribution in [0.4, 0.5) is 0 Å². The van der Waals surface area contributed by atoms with E-state index in [0.717, 1.165) is 0 Å². The Morgan fingerprint density at radius 3 is 0.947 bits per heavy atom. The molecule has 0 aliphatic heterocycles. The van der Waals surface area contributed by atoms with Gasteiger partial charge in [0, 0.05) is 0 Å². The summed E-state index contributed by atoms with van der Waals surface area (Å²) in [6.07, 6.45) is -5.08. The highest BCUT2D eigenvalue weighted by atomic mass is 16.6. The first-order valence-electron chi connectivity index (χ1n) is 4.11. The van der Waals surface area contributed by atoms with Crippen LogP contribution in [0.5, 0.6) is 0 Å². The second kappa shape index (κ2) is 8.81. The standard InChI is InChI=1S/C6H6O9.BH3O3/c7-3(8)1(4(9)10)15-2(5(11)12)6(13)14;2-1(3)4/h1-2H,(H,7,8)(H,9,10)(H,11,12)(H,13,14);2-4H. The summed E-state index contributed by atoms with van der Waals surface area (Å²) in [4.78, 5) is 40.9. The number of hydrogen-bond donors (Lipinski definition) is 7. The van der Waals surface area contributed by atoms with Crippen LogP contribution in [0.3, 0.4) is 0 Å². The van der Waals surface area contributed by atoms with Gasteiger partial charge in [0.25, 0.3) is 12.2 Å². The van der Waals surface area contributed by atoms with Gasteiger partial charge in [-0.2, -0.15) is 0 Å². The number of hydrogen-bond acceptors (Lipinski definition) is 8. The molecule has 0 amide bonds. The highest BCUT2D eigenvalue weighted by Gasteiger charge is 2.37. The third-order valence-electron chi connectivity index (χ3n) is 1.17. The topological polar surface area (TPSA) is 219 Å². The smallest absolute Gasteiger partial charge is 0.479 e. The molecule has 7 N–H and O–H groups in total. The van der Waals surface area contributed by atoms with E-state index >= 15 is 0 Å². The van der Waals surface area contributed by atoms with Gasteiger partial charge in [-0.15, -0.1) is 0 Å². The van der Waals surface area contributed by atoms with Crippen molar-refractivity contribution in [1.82, 2.24) is 0 Å². The van der Waals surface area contributed by atoms with Gasteiger partial charge < -0.3 is 40.2 Å². The van der Waals surface area contributed by atoms with Crippen molar-refractivity contribution in [3.05, 3.63) is 0 Å². The molecule has 12 nitrogen and oxygen atoms in total. The average Bonchev–Trinajstić information content (AvgIpc) is 2.14. The second-order valence-corrected chi connectivity index (χ2v) is 2.60. The number of carboxylic acids is 4. The van der Waals surface area contributed by atoms with Crippen molar-refractivity contribution in [3.63, 3.8) is 0 Å². The second-order valence-electron chi connectivity index (χ2n) is 2.60. The Balaban J connectivity index is 0. The molecule has 0 radical (unpaired) electrons. The maximum atomic E-state index is 10.2. The third kappa shape index (κ3) is 9.48. The molecule has 0 fully saturated rings. The van der Waals surface area contributed by atoms with E-state index in [1.54, 1.807) is 0 Å². The van der Waals surface area contributed by atoms with Crippen LogP contribution < -0.4 is 0 Å². The van der Waals surface area contributed by atoms with Crippen molar-refractivity contribution in [2.45, 2.75) is 12.2 Å². The van der Waals surface area contributed by atoms with Crippen molar-refractivity contribution in [2.24, 2.45) is 0 Å². The number of carboxylic acid groups (broad SMARTS) is 4. The minimum Gasteiger partial charge on any atom is -0.479 e. The molecule has 19 heavy (non-hydrogen) atoms. The molecule has 0 aromatic carbocycles. The molecule has 13 heteroatoms. The largest absolute Gasteiger partial charge is 0.631 e. The van der Waals surface area contributed by atoms with Gasteiger partial charge >= 0.3 is 31.2 Å². The van der Waals surface area contributed by atoms with Crippen LogP contribution in [0.1, 0.15) is 0 Å². The Labute approximate surface area is 104 Å². The van der Waals surface area contributed by atoms with E-state index in [9.17, 15) is 19.2 Å². The molecule has 0 aromatic heterocycles. The van der Waals surface area contributed by atoms with Gasteiger partial charge in [-0.3, -0.25) is 0 Å². The zero-order valence-corrected chi connectivity index (χ0v) is 8.90. The quantitative estimate of drug-likeness (QED) is 0.183. The van der Waals surface area contributed by atoms with Gasteiger partial charge in [-0.1, -0.05) is 0 Å². The fourth-order valence-electron chi connectivity index (χ4n) is 0.580. The minimum atomic E-state index is -2.54. The van der Waals surface area contributed by atoms with Crippen molar-refractivity contribution in [1.29, 1.82) is 0 Å². The average molecular weight is 284 g/mol. The fourth-order valence-corrected chi connectivity index (χ4v) is 0.580. The Hall–Kier alpha value is -2.22. The Morgan fingerprint density at radius 2 is 0.842 bits per heavy atom. The SMILES string of the molecule is O=C(O)C(OC(C(=O)O)C(=O)O)C(=O)O.OB(O)O. The van der Waals surface area contributed by atoms with Gasteiger partial charge in [0.1, 0.15) is 0 Å². The summed E-state index contributed by atoms with van der Waals surface area (Å²) in [7, 11) is -2.17. The molecule has 0 aromatic rings.